The fraction of sp³-hybridized carbons (Fsp3) is 0.600. The minimum absolute atomic E-state index is 0.00535. The van der Waals surface area contributed by atoms with Gasteiger partial charge in [0.2, 0.25) is 0 Å². The van der Waals surface area contributed by atoms with E-state index in [0.29, 0.717) is 12.2 Å². The van der Waals surface area contributed by atoms with Gasteiger partial charge in [0.25, 0.3) is 0 Å². The molecule has 0 radical (unpaired) electrons. The molecule has 0 bridgehead atoms. The molecule has 5 heteroatoms. The van der Waals surface area contributed by atoms with Gasteiger partial charge in [-0.25, -0.2) is 0 Å². The fourth-order valence-electron chi connectivity index (χ4n) is 3.58. The van der Waals surface area contributed by atoms with Gasteiger partial charge in [0, 0.05) is 12.6 Å². The molecule has 1 saturated carbocycles. The summed E-state index contributed by atoms with van der Waals surface area (Å²) in [5.41, 5.74) is 0.382. The Bertz CT molecular complexity index is 518. The van der Waals surface area contributed by atoms with Gasteiger partial charge >= 0.3 is 6.18 Å². The van der Waals surface area contributed by atoms with Crippen molar-refractivity contribution in [2.45, 2.75) is 50.9 Å². The van der Waals surface area contributed by atoms with Gasteiger partial charge in [0.05, 0.1) is 22.5 Å². The van der Waals surface area contributed by atoms with Crippen LogP contribution in [0.2, 0.25) is 0 Å². The molecule has 3 rings (SSSR count). The van der Waals surface area contributed by atoms with Crippen molar-refractivity contribution in [2.75, 3.05) is 16.8 Å². The van der Waals surface area contributed by atoms with Crippen LogP contribution in [0.25, 0.3) is 0 Å². The Morgan fingerprint density at radius 3 is 2.45 bits per heavy atom. The van der Waals surface area contributed by atoms with Crippen LogP contribution in [0.4, 0.5) is 24.5 Å². The van der Waals surface area contributed by atoms with Gasteiger partial charge in [0.1, 0.15) is 0 Å². The third-order valence-electron chi connectivity index (χ3n) is 4.51. The van der Waals surface area contributed by atoms with Crippen LogP contribution in [-0.2, 0) is 6.18 Å². The predicted octanol–water partition coefficient (Wildman–Crippen LogP) is 4.27. The molecule has 2 nitrogen and oxygen atoms in total. The predicted molar refractivity (Wildman–Crippen MR) is 74.1 cm³/mol. The quantitative estimate of drug-likeness (QED) is 0.828. The van der Waals surface area contributed by atoms with Crippen LogP contribution >= 0.6 is 0 Å². The molecule has 110 valence electrons. The zero-order valence-electron chi connectivity index (χ0n) is 11.7. The first-order chi connectivity index (χ1) is 9.35. The van der Waals surface area contributed by atoms with Crippen molar-refractivity contribution >= 4 is 11.4 Å². The van der Waals surface area contributed by atoms with Crippen molar-refractivity contribution in [3.05, 3.63) is 23.8 Å². The summed E-state index contributed by atoms with van der Waals surface area (Å²) in [6.45, 7) is 4.70. The first-order valence-corrected chi connectivity index (χ1v) is 7.09. The maximum atomic E-state index is 13.1. The highest BCUT2D eigenvalue weighted by Gasteiger charge is 2.48. The molecule has 0 saturated heterocycles. The molecule has 1 aliphatic carbocycles. The van der Waals surface area contributed by atoms with E-state index in [1.807, 2.05) is 0 Å². The molecule has 1 aliphatic heterocycles. The second-order valence-electron chi connectivity index (χ2n) is 6.09. The molecular weight excluding hydrogens is 265 g/mol. The number of hydrogen-bond acceptors (Lipinski definition) is 2. The van der Waals surface area contributed by atoms with Crippen molar-refractivity contribution in [1.82, 2.24) is 0 Å². The lowest BCUT2D eigenvalue weighted by molar-refractivity contribution is -0.137. The van der Waals surface area contributed by atoms with Crippen molar-refractivity contribution in [2.24, 2.45) is 0 Å². The summed E-state index contributed by atoms with van der Waals surface area (Å²) in [6, 6.07) is 4.66. The molecule has 0 atom stereocenters. The number of benzene rings is 1. The number of halogens is 3. The molecule has 0 aromatic heterocycles. The number of alkyl halides is 3. The van der Waals surface area contributed by atoms with Gasteiger partial charge in [-0.3, -0.25) is 0 Å². The molecule has 2 aliphatic rings. The van der Waals surface area contributed by atoms with Crippen LogP contribution in [0, 0.1) is 0 Å². The standard InChI is InChI=1S/C15H19F3N2/c1-10(2)20-12-6-3-5-11(15(16,17)18)13(12)19-9-14(20)7-4-8-14/h3,5-6,10,19H,4,7-9H2,1-2H3. The molecule has 20 heavy (non-hydrogen) atoms. The minimum Gasteiger partial charge on any atom is -0.381 e. The van der Waals surface area contributed by atoms with Gasteiger partial charge < -0.3 is 10.2 Å². The Balaban J connectivity index is 2.12. The van der Waals surface area contributed by atoms with Gasteiger partial charge in [0.15, 0.2) is 0 Å². The smallest absolute Gasteiger partial charge is 0.381 e. The molecule has 1 aromatic carbocycles. The van der Waals surface area contributed by atoms with E-state index in [0.717, 1.165) is 25.3 Å². The van der Waals surface area contributed by atoms with Gasteiger partial charge in [-0.05, 0) is 45.2 Å². The van der Waals surface area contributed by atoms with E-state index in [1.165, 1.54) is 6.07 Å². The molecule has 1 aromatic rings. The second-order valence-corrected chi connectivity index (χ2v) is 6.09. The van der Waals surface area contributed by atoms with Crippen LogP contribution in [0.3, 0.4) is 0 Å². The van der Waals surface area contributed by atoms with Gasteiger partial charge in [-0.1, -0.05) is 6.07 Å². The number of anilines is 2. The monoisotopic (exact) mass is 284 g/mol. The topological polar surface area (TPSA) is 15.3 Å². The summed E-state index contributed by atoms with van der Waals surface area (Å²) in [4.78, 5) is 2.19. The first kappa shape index (κ1) is 13.6. The van der Waals surface area contributed by atoms with E-state index in [1.54, 1.807) is 6.07 Å². The number of rotatable bonds is 1. The second kappa shape index (κ2) is 4.30. The van der Waals surface area contributed by atoms with Crippen LogP contribution in [0.15, 0.2) is 18.2 Å². The van der Waals surface area contributed by atoms with Crippen LogP contribution in [-0.4, -0.2) is 18.1 Å². The molecule has 0 amide bonds. The van der Waals surface area contributed by atoms with Crippen molar-refractivity contribution in [1.29, 1.82) is 0 Å². The zero-order chi connectivity index (χ0) is 14.5. The average Bonchev–Trinajstić information content (AvgIpc) is 2.33. The number of hydrogen-bond donors (Lipinski definition) is 1. The Hall–Kier alpha value is -1.39. The van der Waals surface area contributed by atoms with Crippen molar-refractivity contribution < 1.29 is 13.2 Å². The van der Waals surface area contributed by atoms with Crippen molar-refractivity contribution in [3.63, 3.8) is 0 Å². The van der Waals surface area contributed by atoms with E-state index < -0.39 is 11.7 Å². The zero-order valence-corrected chi connectivity index (χ0v) is 11.7. The van der Waals surface area contributed by atoms with Crippen LogP contribution in [0.1, 0.15) is 38.7 Å². The number of fused-ring (bicyclic) bond motifs is 1. The lowest BCUT2D eigenvalue weighted by Crippen LogP contribution is -2.63. The lowest BCUT2D eigenvalue weighted by Gasteiger charge is -2.57. The maximum Gasteiger partial charge on any atom is 0.418 e. The molecule has 1 fully saturated rings. The largest absolute Gasteiger partial charge is 0.418 e. The first-order valence-electron chi connectivity index (χ1n) is 7.09. The van der Waals surface area contributed by atoms with Crippen molar-refractivity contribution in [3.8, 4) is 0 Å². The number of nitrogens with zero attached hydrogens (tertiary/aromatic N) is 1. The highest BCUT2D eigenvalue weighted by atomic mass is 19.4. The minimum atomic E-state index is -4.31. The van der Waals surface area contributed by atoms with E-state index >= 15 is 0 Å². The Morgan fingerprint density at radius 1 is 1.25 bits per heavy atom. The molecule has 1 N–H and O–H groups in total. The Labute approximate surface area is 117 Å². The highest BCUT2D eigenvalue weighted by Crippen LogP contribution is 2.50. The third kappa shape index (κ3) is 1.86. The summed E-state index contributed by atoms with van der Waals surface area (Å²) in [6.07, 6.45) is -1.06. The highest BCUT2D eigenvalue weighted by molar-refractivity contribution is 5.78. The van der Waals surface area contributed by atoms with Crippen LogP contribution < -0.4 is 10.2 Å². The fourth-order valence-corrected chi connectivity index (χ4v) is 3.58. The Kier molecular flexibility index (Phi) is 2.92. The Morgan fingerprint density at radius 2 is 1.95 bits per heavy atom. The van der Waals surface area contributed by atoms with Gasteiger partial charge in [-0.15, -0.1) is 0 Å². The summed E-state index contributed by atoms with van der Waals surface area (Å²) in [5.74, 6) is 0. The van der Waals surface area contributed by atoms with E-state index in [-0.39, 0.29) is 17.3 Å². The summed E-state index contributed by atoms with van der Waals surface area (Å²) in [5, 5.41) is 3.05. The number of para-hydroxylation sites is 1. The molecule has 1 heterocycles. The number of nitrogens with one attached hydrogen (secondary N) is 1. The summed E-state index contributed by atoms with van der Waals surface area (Å²) < 4.78 is 39.4. The SMILES string of the molecule is CC(C)N1c2cccc(C(F)(F)F)c2NCC12CCC2. The van der Waals surface area contributed by atoms with Gasteiger partial charge in [-0.2, -0.15) is 13.2 Å². The van der Waals surface area contributed by atoms with E-state index in [4.69, 9.17) is 0 Å². The lowest BCUT2D eigenvalue weighted by atomic mass is 9.73. The normalized spacial score (nSPS) is 20.6. The summed E-state index contributed by atoms with van der Waals surface area (Å²) in [7, 11) is 0. The van der Waals surface area contributed by atoms with E-state index in [9.17, 15) is 13.2 Å². The molecule has 1 spiro atoms. The molecule has 0 unspecified atom stereocenters. The summed E-state index contributed by atoms with van der Waals surface area (Å²) >= 11 is 0. The third-order valence-corrected chi connectivity index (χ3v) is 4.51. The average molecular weight is 284 g/mol. The maximum absolute atomic E-state index is 13.1. The molecular formula is C15H19F3N2. The van der Waals surface area contributed by atoms with E-state index in [2.05, 4.69) is 24.1 Å². The van der Waals surface area contributed by atoms with Crippen LogP contribution in [0.5, 0.6) is 0 Å².